The van der Waals surface area contributed by atoms with Gasteiger partial charge in [-0.3, -0.25) is 9.59 Å². The van der Waals surface area contributed by atoms with Crippen LogP contribution in [0.2, 0.25) is 0 Å². The summed E-state index contributed by atoms with van der Waals surface area (Å²) >= 11 is 17.9. The molecule has 2 N–H and O–H groups in total. The topological polar surface area (TPSA) is 84.0 Å². The highest BCUT2D eigenvalue weighted by atomic mass is 79.9. The number of nitrogens with zero attached hydrogens (tertiary/aromatic N) is 2. The summed E-state index contributed by atoms with van der Waals surface area (Å²) in [7, 11) is 0. The van der Waals surface area contributed by atoms with Gasteiger partial charge in [0.1, 0.15) is 0 Å². The van der Waals surface area contributed by atoms with Crippen molar-refractivity contribution in [3.05, 3.63) is 53.3 Å². The molecule has 0 unspecified atom stereocenters. The standard InChI is InChI=1S/C20H16Br4N4O2S3/c1-9-3-11(21)17(12(22)4-9)25-15(29)7-31-19-27-28-20(33-19)32-8-16(30)26-18-13(23)5-10(2)6-14(18)24/h3-6H,7-8H2,1-2H3,(H,25,29)(H,26,30). The van der Waals surface area contributed by atoms with Gasteiger partial charge in [-0.25, -0.2) is 0 Å². The molecule has 0 saturated heterocycles. The zero-order chi connectivity index (χ0) is 24.1. The molecule has 2 aromatic carbocycles. The Bertz CT molecular complexity index is 1070. The lowest BCUT2D eigenvalue weighted by molar-refractivity contribution is -0.114. The molecule has 1 heterocycles. The molecule has 3 aromatic rings. The van der Waals surface area contributed by atoms with Crippen LogP contribution in [-0.4, -0.2) is 33.5 Å². The highest BCUT2D eigenvalue weighted by molar-refractivity contribution is 9.11. The average molecular weight is 760 g/mol. The smallest absolute Gasteiger partial charge is 0.234 e. The van der Waals surface area contributed by atoms with Crippen molar-refractivity contribution >= 4 is 122 Å². The second kappa shape index (κ2) is 12.5. The van der Waals surface area contributed by atoms with Crippen molar-refractivity contribution in [2.24, 2.45) is 0 Å². The molecule has 0 radical (unpaired) electrons. The van der Waals surface area contributed by atoms with E-state index in [1.54, 1.807) is 0 Å². The van der Waals surface area contributed by atoms with Crippen LogP contribution in [0.5, 0.6) is 0 Å². The van der Waals surface area contributed by atoms with Crippen molar-refractivity contribution in [1.82, 2.24) is 10.2 Å². The Balaban J connectivity index is 1.48. The van der Waals surface area contributed by atoms with Gasteiger partial charge in [-0.2, -0.15) is 0 Å². The Morgan fingerprint density at radius 3 is 1.42 bits per heavy atom. The van der Waals surface area contributed by atoms with Crippen molar-refractivity contribution < 1.29 is 9.59 Å². The van der Waals surface area contributed by atoms with Gasteiger partial charge in [0.2, 0.25) is 11.8 Å². The molecule has 0 aliphatic rings. The number of carbonyl (C=O) groups is 2. The number of amides is 2. The van der Waals surface area contributed by atoms with Gasteiger partial charge in [-0.15, -0.1) is 10.2 Å². The maximum Gasteiger partial charge on any atom is 0.234 e. The normalized spacial score (nSPS) is 10.8. The molecule has 0 atom stereocenters. The Morgan fingerprint density at radius 2 is 1.09 bits per heavy atom. The molecule has 0 saturated carbocycles. The Labute approximate surface area is 237 Å². The Hall–Kier alpha value is -0.440. The van der Waals surface area contributed by atoms with Crippen molar-refractivity contribution in [3.8, 4) is 0 Å². The van der Waals surface area contributed by atoms with Gasteiger partial charge in [0.05, 0.1) is 22.9 Å². The summed E-state index contributed by atoms with van der Waals surface area (Å²) in [5.74, 6) is 0.0934. The van der Waals surface area contributed by atoms with Crippen LogP contribution in [-0.2, 0) is 9.59 Å². The predicted molar refractivity (Wildman–Crippen MR) is 152 cm³/mol. The first-order valence-corrected chi connectivity index (χ1v) is 15.2. The largest absolute Gasteiger partial charge is 0.323 e. The number of nitrogens with one attached hydrogen (secondary N) is 2. The Kier molecular flexibility index (Phi) is 10.3. The van der Waals surface area contributed by atoms with E-state index in [-0.39, 0.29) is 23.3 Å². The third-order valence-electron chi connectivity index (χ3n) is 3.94. The molecule has 0 fully saturated rings. The van der Waals surface area contributed by atoms with Gasteiger partial charge in [0.15, 0.2) is 8.68 Å². The number of benzene rings is 2. The second-order valence-corrected chi connectivity index (χ2v) is 13.6. The molecular weight excluding hydrogens is 744 g/mol. The SMILES string of the molecule is Cc1cc(Br)c(NC(=O)CSc2nnc(SCC(=O)Nc3c(Br)cc(C)cc3Br)s2)c(Br)c1. The van der Waals surface area contributed by atoms with Crippen LogP contribution in [0.25, 0.3) is 0 Å². The van der Waals surface area contributed by atoms with Crippen molar-refractivity contribution in [2.45, 2.75) is 22.5 Å². The monoisotopic (exact) mass is 756 g/mol. The number of carbonyl (C=O) groups excluding carboxylic acids is 2. The zero-order valence-electron chi connectivity index (χ0n) is 17.2. The van der Waals surface area contributed by atoms with Crippen LogP contribution in [0.4, 0.5) is 11.4 Å². The van der Waals surface area contributed by atoms with Crippen LogP contribution < -0.4 is 10.6 Å². The third kappa shape index (κ3) is 8.04. The van der Waals surface area contributed by atoms with Crippen LogP contribution in [0, 0.1) is 13.8 Å². The van der Waals surface area contributed by atoms with Crippen molar-refractivity contribution in [2.75, 3.05) is 22.1 Å². The van der Waals surface area contributed by atoms with Crippen LogP contribution in [0.1, 0.15) is 11.1 Å². The minimum absolute atomic E-state index is 0.150. The molecule has 0 aliphatic carbocycles. The van der Waals surface area contributed by atoms with E-state index in [0.717, 1.165) is 29.0 Å². The summed E-state index contributed by atoms with van der Waals surface area (Å²) in [5, 5.41) is 14.0. The van der Waals surface area contributed by atoms with E-state index in [1.807, 2.05) is 38.1 Å². The average Bonchev–Trinajstić information content (AvgIpc) is 3.18. The van der Waals surface area contributed by atoms with E-state index in [9.17, 15) is 9.59 Å². The number of anilines is 2. The van der Waals surface area contributed by atoms with Gasteiger partial charge in [-0.1, -0.05) is 34.9 Å². The minimum Gasteiger partial charge on any atom is -0.323 e. The van der Waals surface area contributed by atoms with Gasteiger partial charge in [-0.05, 0) is 113 Å². The molecule has 2 amide bonds. The van der Waals surface area contributed by atoms with Crippen LogP contribution in [0.15, 0.2) is 50.8 Å². The first kappa shape index (κ1) is 27.2. The number of aryl methyl sites for hydroxylation is 2. The lowest BCUT2D eigenvalue weighted by Crippen LogP contribution is -2.14. The molecule has 0 spiro atoms. The first-order valence-electron chi connectivity index (χ1n) is 9.22. The summed E-state index contributed by atoms with van der Waals surface area (Å²) < 4.78 is 4.57. The summed E-state index contributed by atoms with van der Waals surface area (Å²) in [5.41, 5.74) is 3.54. The zero-order valence-corrected chi connectivity index (χ0v) is 26.0. The number of hydrogen-bond donors (Lipinski definition) is 2. The number of halogens is 4. The summed E-state index contributed by atoms with van der Waals surface area (Å²) in [6.45, 7) is 3.96. The Morgan fingerprint density at radius 1 is 0.758 bits per heavy atom. The van der Waals surface area contributed by atoms with Gasteiger partial charge in [0.25, 0.3) is 0 Å². The van der Waals surface area contributed by atoms with E-state index in [0.29, 0.717) is 20.1 Å². The fourth-order valence-corrected chi connectivity index (χ4v) is 8.41. The van der Waals surface area contributed by atoms with Gasteiger partial charge >= 0.3 is 0 Å². The van der Waals surface area contributed by atoms with E-state index in [1.165, 1.54) is 34.9 Å². The predicted octanol–water partition coefficient (Wildman–Crippen LogP) is 7.67. The highest BCUT2D eigenvalue weighted by Gasteiger charge is 2.14. The number of thioether (sulfide) groups is 2. The number of rotatable bonds is 8. The summed E-state index contributed by atoms with van der Waals surface area (Å²) in [4.78, 5) is 24.7. The van der Waals surface area contributed by atoms with E-state index in [4.69, 9.17) is 0 Å². The second-order valence-electron chi connectivity index (χ2n) is 6.71. The number of aromatic nitrogens is 2. The molecule has 33 heavy (non-hydrogen) atoms. The highest BCUT2D eigenvalue weighted by Crippen LogP contribution is 2.34. The molecule has 13 heteroatoms. The third-order valence-corrected chi connectivity index (χ3v) is 9.63. The van der Waals surface area contributed by atoms with Crippen molar-refractivity contribution in [3.63, 3.8) is 0 Å². The van der Waals surface area contributed by atoms with Gasteiger partial charge in [0, 0.05) is 17.9 Å². The van der Waals surface area contributed by atoms with Crippen molar-refractivity contribution in [1.29, 1.82) is 0 Å². The van der Waals surface area contributed by atoms with E-state index >= 15 is 0 Å². The molecular formula is C20H16Br4N4O2S3. The number of hydrogen-bond acceptors (Lipinski definition) is 7. The lowest BCUT2D eigenvalue weighted by atomic mass is 10.2. The molecule has 0 bridgehead atoms. The fraction of sp³-hybridized carbons (Fsp3) is 0.200. The molecule has 1 aromatic heterocycles. The summed E-state index contributed by atoms with van der Waals surface area (Å²) in [6, 6.07) is 7.75. The molecule has 3 rings (SSSR count). The van der Waals surface area contributed by atoms with E-state index in [2.05, 4.69) is 84.6 Å². The molecule has 0 aliphatic heterocycles. The fourth-order valence-electron chi connectivity index (χ4n) is 2.56. The van der Waals surface area contributed by atoms with Gasteiger partial charge < -0.3 is 10.6 Å². The lowest BCUT2D eigenvalue weighted by Gasteiger charge is -2.10. The van der Waals surface area contributed by atoms with Crippen LogP contribution in [0.3, 0.4) is 0 Å². The quantitative estimate of drug-likeness (QED) is 0.230. The first-order chi connectivity index (χ1) is 15.6. The molecule has 6 nitrogen and oxygen atoms in total. The maximum absolute atomic E-state index is 12.4. The van der Waals surface area contributed by atoms with E-state index < -0.39 is 0 Å². The molecule has 174 valence electrons. The minimum atomic E-state index is -0.150. The van der Waals surface area contributed by atoms with Crippen LogP contribution >= 0.6 is 98.6 Å². The maximum atomic E-state index is 12.4. The summed E-state index contributed by atoms with van der Waals surface area (Å²) in [6.07, 6.45) is 0.